The second kappa shape index (κ2) is 12.3. The fraction of sp³-hybridized carbons (Fsp3) is 0.429. The number of carbonyl (C=O) groups is 2. The Labute approximate surface area is 177 Å². The van der Waals surface area contributed by atoms with Crippen LogP contribution >= 0.6 is 0 Å². The van der Waals surface area contributed by atoms with Gasteiger partial charge in [-0.2, -0.15) is 0 Å². The first kappa shape index (κ1) is 22.9. The van der Waals surface area contributed by atoms with Crippen LogP contribution in [0.4, 0.5) is 16.4 Å². The summed E-state index contributed by atoms with van der Waals surface area (Å²) in [4.78, 5) is 32.3. The number of aryl methyl sites for hydroxylation is 1. The second-order valence-electron chi connectivity index (χ2n) is 6.79. The van der Waals surface area contributed by atoms with E-state index in [0.717, 1.165) is 30.5 Å². The average Bonchev–Trinajstić information content (AvgIpc) is 2.75. The minimum absolute atomic E-state index is 0.159. The van der Waals surface area contributed by atoms with Crippen molar-refractivity contribution in [1.82, 2.24) is 25.9 Å². The van der Waals surface area contributed by atoms with Crippen LogP contribution in [0, 0.1) is 0 Å². The molecule has 0 saturated heterocycles. The minimum atomic E-state index is -0.180. The number of rotatable bonds is 11. The first-order valence-electron chi connectivity index (χ1n) is 10.2. The molecule has 2 rings (SSSR count). The Morgan fingerprint density at radius 2 is 1.83 bits per heavy atom. The zero-order valence-corrected chi connectivity index (χ0v) is 17.6. The van der Waals surface area contributed by atoms with E-state index < -0.39 is 0 Å². The van der Waals surface area contributed by atoms with E-state index in [2.05, 4.69) is 31.2 Å². The zero-order valence-electron chi connectivity index (χ0n) is 17.6. The maximum Gasteiger partial charge on any atom is 0.314 e. The molecule has 0 spiro atoms. The maximum atomic E-state index is 11.9. The standard InChI is InChI=1S/C21H31N7O2/c1-3-24-19-17(20(29)23-2)9-8-16(28-19)6-4-5-12-25-21(30)26-13-11-15-7-10-18(22)27-14-15/h7-10,14H,3-6,11-13H2,1-2H3,(H2,22,27)(H,23,29)(H,24,28)(H2,25,26,30). The first-order valence-corrected chi connectivity index (χ1v) is 10.2. The van der Waals surface area contributed by atoms with Gasteiger partial charge in [-0.15, -0.1) is 0 Å². The van der Waals surface area contributed by atoms with Crippen molar-refractivity contribution in [2.24, 2.45) is 0 Å². The van der Waals surface area contributed by atoms with Gasteiger partial charge in [0, 0.05) is 38.6 Å². The smallest absolute Gasteiger partial charge is 0.314 e. The number of urea groups is 1. The number of hydrogen-bond acceptors (Lipinski definition) is 6. The lowest BCUT2D eigenvalue weighted by molar-refractivity contribution is 0.0963. The van der Waals surface area contributed by atoms with Crippen LogP contribution in [-0.4, -0.2) is 48.6 Å². The number of aromatic nitrogens is 2. The quantitative estimate of drug-likeness (QED) is 0.356. The molecule has 0 unspecified atom stereocenters. The molecule has 0 fully saturated rings. The Bertz CT molecular complexity index is 825. The van der Waals surface area contributed by atoms with E-state index in [0.29, 0.717) is 43.3 Å². The molecule has 2 aromatic rings. The summed E-state index contributed by atoms with van der Waals surface area (Å²) in [5.74, 6) is 0.927. The number of anilines is 2. The molecule has 30 heavy (non-hydrogen) atoms. The van der Waals surface area contributed by atoms with Gasteiger partial charge in [-0.25, -0.2) is 14.8 Å². The Balaban J connectivity index is 1.65. The number of nitrogens with zero attached hydrogens (tertiary/aromatic N) is 2. The van der Waals surface area contributed by atoms with E-state index in [1.54, 1.807) is 25.4 Å². The van der Waals surface area contributed by atoms with Crippen molar-refractivity contribution in [3.05, 3.63) is 47.3 Å². The van der Waals surface area contributed by atoms with Crippen molar-refractivity contribution in [3.63, 3.8) is 0 Å². The normalized spacial score (nSPS) is 10.3. The number of pyridine rings is 2. The predicted molar refractivity (Wildman–Crippen MR) is 118 cm³/mol. The molecule has 2 heterocycles. The van der Waals surface area contributed by atoms with Crippen molar-refractivity contribution in [3.8, 4) is 0 Å². The van der Waals surface area contributed by atoms with Crippen LogP contribution in [-0.2, 0) is 12.8 Å². The highest BCUT2D eigenvalue weighted by Gasteiger charge is 2.11. The summed E-state index contributed by atoms with van der Waals surface area (Å²) in [5, 5.41) is 11.4. The lowest BCUT2D eigenvalue weighted by atomic mass is 10.1. The third-order valence-corrected chi connectivity index (χ3v) is 4.46. The topological polar surface area (TPSA) is 134 Å². The largest absolute Gasteiger partial charge is 0.384 e. The number of unbranched alkanes of at least 4 members (excludes halogenated alkanes) is 1. The highest BCUT2D eigenvalue weighted by molar-refractivity contribution is 5.98. The van der Waals surface area contributed by atoms with E-state index in [9.17, 15) is 9.59 Å². The third kappa shape index (κ3) is 7.57. The molecule has 0 aliphatic carbocycles. The number of amides is 3. The third-order valence-electron chi connectivity index (χ3n) is 4.46. The van der Waals surface area contributed by atoms with E-state index in [4.69, 9.17) is 5.73 Å². The van der Waals surface area contributed by atoms with Gasteiger partial charge < -0.3 is 27.0 Å². The first-order chi connectivity index (χ1) is 14.5. The number of hydrogen-bond donors (Lipinski definition) is 5. The highest BCUT2D eigenvalue weighted by Crippen LogP contribution is 2.15. The monoisotopic (exact) mass is 413 g/mol. The van der Waals surface area contributed by atoms with Gasteiger partial charge in [0.05, 0.1) is 5.56 Å². The van der Waals surface area contributed by atoms with Crippen LogP contribution in [0.25, 0.3) is 0 Å². The zero-order chi connectivity index (χ0) is 21.8. The van der Waals surface area contributed by atoms with Gasteiger partial charge in [0.2, 0.25) is 0 Å². The SMILES string of the molecule is CCNc1nc(CCCCNC(=O)NCCc2ccc(N)nc2)ccc1C(=O)NC. The fourth-order valence-corrected chi connectivity index (χ4v) is 2.86. The highest BCUT2D eigenvalue weighted by atomic mass is 16.2. The molecular weight excluding hydrogens is 382 g/mol. The molecular formula is C21H31N7O2. The van der Waals surface area contributed by atoms with Crippen molar-refractivity contribution in [2.75, 3.05) is 37.7 Å². The molecule has 0 saturated carbocycles. The van der Waals surface area contributed by atoms with Crippen molar-refractivity contribution >= 4 is 23.6 Å². The van der Waals surface area contributed by atoms with Gasteiger partial charge in [0.25, 0.3) is 5.91 Å². The van der Waals surface area contributed by atoms with Gasteiger partial charge in [-0.1, -0.05) is 6.07 Å². The molecule has 9 heteroatoms. The summed E-state index contributed by atoms with van der Waals surface area (Å²) >= 11 is 0. The molecule has 3 amide bonds. The van der Waals surface area contributed by atoms with Crippen molar-refractivity contribution in [2.45, 2.75) is 32.6 Å². The number of nitrogens with one attached hydrogen (secondary N) is 4. The van der Waals surface area contributed by atoms with Crippen LogP contribution in [0.1, 0.15) is 41.4 Å². The van der Waals surface area contributed by atoms with Crippen molar-refractivity contribution < 1.29 is 9.59 Å². The summed E-state index contributed by atoms with van der Waals surface area (Å²) in [6.07, 6.45) is 4.91. The van der Waals surface area contributed by atoms with Gasteiger partial charge >= 0.3 is 6.03 Å². The van der Waals surface area contributed by atoms with E-state index in [1.165, 1.54) is 0 Å². The Kier molecular flexibility index (Phi) is 9.36. The van der Waals surface area contributed by atoms with E-state index in [1.807, 2.05) is 19.1 Å². The molecule has 0 aromatic carbocycles. The van der Waals surface area contributed by atoms with Crippen LogP contribution in [0.15, 0.2) is 30.5 Å². The maximum absolute atomic E-state index is 11.9. The molecule has 0 atom stereocenters. The average molecular weight is 414 g/mol. The number of nitrogen functional groups attached to an aromatic ring is 1. The Hall–Kier alpha value is -3.36. The molecule has 9 nitrogen and oxygen atoms in total. The lowest BCUT2D eigenvalue weighted by Gasteiger charge is -2.11. The molecule has 6 N–H and O–H groups in total. The molecule has 0 radical (unpaired) electrons. The van der Waals surface area contributed by atoms with E-state index >= 15 is 0 Å². The Morgan fingerprint density at radius 1 is 1.03 bits per heavy atom. The fourth-order valence-electron chi connectivity index (χ4n) is 2.86. The second-order valence-corrected chi connectivity index (χ2v) is 6.79. The predicted octanol–water partition coefficient (Wildman–Crippen LogP) is 1.71. The number of nitrogens with two attached hydrogens (primary N) is 1. The number of carbonyl (C=O) groups excluding carboxylic acids is 2. The summed E-state index contributed by atoms with van der Waals surface area (Å²) in [5.41, 5.74) is 8.03. The molecule has 162 valence electrons. The summed E-state index contributed by atoms with van der Waals surface area (Å²) in [6.45, 7) is 3.78. The van der Waals surface area contributed by atoms with Crippen LogP contribution < -0.4 is 27.0 Å². The summed E-state index contributed by atoms with van der Waals surface area (Å²) in [7, 11) is 1.60. The van der Waals surface area contributed by atoms with Gasteiger partial charge in [-0.3, -0.25) is 4.79 Å². The molecule has 2 aromatic heterocycles. The lowest BCUT2D eigenvalue weighted by Crippen LogP contribution is -2.37. The molecule has 0 bridgehead atoms. The van der Waals surface area contributed by atoms with Crippen LogP contribution in [0.2, 0.25) is 0 Å². The summed E-state index contributed by atoms with van der Waals surface area (Å²) < 4.78 is 0. The Morgan fingerprint density at radius 3 is 2.53 bits per heavy atom. The molecule has 0 aliphatic heterocycles. The molecule has 0 aliphatic rings. The van der Waals surface area contributed by atoms with Crippen molar-refractivity contribution in [1.29, 1.82) is 0 Å². The van der Waals surface area contributed by atoms with Gasteiger partial charge in [0.1, 0.15) is 11.6 Å². The van der Waals surface area contributed by atoms with Gasteiger partial charge in [-0.05, 0) is 56.4 Å². The van der Waals surface area contributed by atoms with E-state index in [-0.39, 0.29) is 11.9 Å². The van der Waals surface area contributed by atoms with Crippen LogP contribution in [0.5, 0.6) is 0 Å². The van der Waals surface area contributed by atoms with Gasteiger partial charge in [0.15, 0.2) is 0 Å². The van der Waals surface area contributed by atoms with Crippen LogP contribution in [0.3, 0.4) is 0 Å². The summed E-state index contributed by atoms with van der Waals surface area (Å²) in [6, 6.07) is 7.14. The minimum Gasteiger partial charge on any atom is -0.384 e.